The minimum absolute atomic E-state index is 0.0745. The number of Topliss-reactive ketones (excluding diaryl/α,β-unsaturated/α-hetero) is 1. The SMILES string of the molecule is CCCCC(O)CC=C[C@H]1CCC(=O)[C@@H]1CC=CCC(SCCO)C(O)C(=O)O. The van der Waals surface area contributed by atoms with E-state index >= 15 is 0 Å². The van der Waals surface area contributed by atoms with Crippen molar-refractivity contribution < 1.29 is 30.0 Å². The maximum atomic E-state index is 12.2. The van der Waals surface area contributed by atoms with Crippen LogP contribution in [0.2, 0.25) is 0 Å². The number of unbranched alkanes of at least 4 members (excludes halogenated alkanes) is 1. The number of carbonyl (C=O) groups is 2. The van der Waals surface area contributed by atoms with Crippen molar-refractivity contribution in [2.45, 2.75) is 75.7 Å². The molecule has 1 aliphatic carbocycles. The van der Waals surface area contributed by atoms with Gasteiger partial charge in [-0.3, -0.25) is 4.79 Å². The fourth-order valence-electron chi connectivity index (χ4n) is 3.56. The van der Waals surface area contributed by atoms with Crippen molar-refractivity contribution in [1.29, 1.82) is 0 Å². The first-order valence-electron chi connectivity index (χ1n) is 10.6. The fraction of sp³-hybridized carbons (Fsp3) is 0.727. The van der Waals surface area contributed by atoms with Crippen LogP contribution in [-0.2, 0) is 9.59 Å². The summed E-state index contributed by atoms with van der Waals surface area (Å²) in [7, 11) is 0. The number of ketones is 1. The van der Waals surface area contributed by atoms with Crippen LogP contribution in [0.1, 0.15) is 58.3 Å². The van der Waals surface area contributed by atoms with Gasteiger partial charge < -0.3 is 20.4 Å². The largest absolute Gasteiger partial charge is 0.479 e. The first-order valence-corrected chi connectivity index (χ1v) is 11.6. The average Bonchev–Trinajstić information content (AvgIpc) is 3.04. The number of carboxylic acids is 1. The topological polar surface area (TPSA) is 115 Å². The molecule has 0 spiro atoms. The molecule has 0 aromatic carbocycles. The Bertz CT molecular complexity index is 547. The lowest BCUT2D eigenvalue weighted by Gasteiger charge is -2.17. The molecule has 3 unspecified atom stereocenters. The van der Waals surface area contributed by atoms with Crippen LogP contribution in [0.15, 0.2) is 24.3 Å². The van der Waals surface area contributed by atoms with E-state index < -0.39 is 17.3 Å². The second kappa shape index (κ2) is 14.8. The van der Waals surface area contributed by atoms with E-state index in [4.69, 9.17) is 10.2 Å². The van der Waals surface area contributed by atoms with E-state index in [9.17, 15) is 19.8 Å². The van der Waals surface area contributed by atoms with Gasteiger partial charge in [-0.05, 0) is 38.0 Å². The van der Waals surface area contributed by atoms with Crippen LogP contribution in [-0.4, -0.2) is 62.0 Å². The van der Waals surface area contributed by atoms with Crippen LogP contribution in [0.5, 0.6) is 0 Å². The normalized spacial score (nSPS) is 23.1. The molecule has 0 aromatic rings. The van der Waals surface area contributed by atoms with Gasteiger partial charge in [-0.25, -0.2) is 4.79 Å². The lowest BCUT2D eigenvalue weighted by atomic mass is 9.91. The van der Waals surface area contributed by atoms with E-state index in [0.29, 0.717) is 31.4 Å². The first-order chi connectivity index (χ1) is 13.9. The Kier molecular flexibility index (Phi) is 13.2. The second-order valence-electron chi connectivity index (χ2n) is 7.59. The Morgan fingerprint density at radius 2 is 2.00 bits per heavy atom. The smallest absolute Gasteiger partial charge is 0.333 e. The number of hydrogen-bond donors (Lipinski definition) is 4. The van der Waals surface area contributed by atoms with Crippen LogP contribution in [0, 0.1) is 11.8 Å². The molecule has 1 aliphatic rings. The van der Waals surface area contributed by atoms with E-state index in [-0.39, 0.29) is 30.3 Å². The molecule has 0 aliphatic heterocycles. The van der Waals surface area contributed by atoms with Crippen molar-refractivity contribution in [3.05, 3.63) is 24.3 Å². The summed E-state index contributed by atoms with van der Waals surface area (Å²) in [4.78, 5) is 23.2. The third kappa shape index (κ3) is 9.94. The summed E-state index contributed by atoms with van der Waals surface area (Å²) in [5, 5.41) is 37.1. The maximum absolute atomic E-state index is 12.2. The van der Waals surface area contributed by atoms with Gasteiger partial charge in [-0.2, -0.15) is 11.8 Å². The molecular weight excluding hydrogens is 392 g/mol. The number of aliphatic hydroxyl groups is 3. The molecule has 0 radical (unpaired) electrons. The number of aliphatic hydroxyl groups excluding tert-OH is 3. The number of allylic oxidation sites excluding steroid dienone is 3. The molecule has 166 valence electrons. The molecule has 0 aromatic heterocycles. The average molecular weight is 429 g/mol. The summed E-state index contributed by atoms with van der Waals surface area (Å²) in [6.45, 7) is 2.02. The predicted molar refractivity (Wildman–Crippen MR) is 116 cm³/mol. The summed E-state index contributed by atoms with van der Waals surface area (Å²) in [6, 6.07) is 0. The molecule has 7 heteroatoms. The number of carboxylic acid groups (broad SMARTS) is 1. The molecule has 1 saturated carbocycles. The molecule has 0 heterocycles. The molecule has 29 heavy (non-hydrogen) atoms. The molecule has 5 atom stereocenters. The Balaban J connectivity index is 2.53. The third-order valence-corrected chi connectivity index (χ3v) is 6.59. The highest BCUT2D eigenvalue weighted by Gasteiger charge is 2.32. The highest BCUT2D eigenvalue weighted by atomic mass is 32.2. The van der Waals surface area contributed by atoms with Crippen molar-refractivity contribution in [1.82, 2.24) is 0 Å². The van der Waals surface area contributed by atoms with Crippen molar-refractivity contribution >= 4 is 23.5 Å². The number of hydrogen-bond acceptors (Lipinski definition) is 6. The minimum Gasteiger partial charge on any atom is -0.479 e. The van der Waals surface area contributed by atoms with Crippen molar-refractivity contribution in [3.63, 3.8) is 0 Å². The number of carbonyl (C=O) groups excluding carboxylic acids is 1. The van der Waals surface area contributed by atoms with Gasteiger partial charge in [-0.1, -0.05) is 44.1 Å². The molecule has 1 rings (SSSR count). The quantitative estimate of drug-likeness (QED) is 0.296. The van der Waals surface area contributed by atoms with E-state index in [2.05, 4.69) is 13.0 Å². The third-order valence-electron chi connectivity index (χ3n) is 5.29. The molecule has 1 fully saturated rings. The minimum atomic E-state index is -1.49. The highest BCUT2D eigenvalue weighted by molar-refractivity contribution is 8.00. The van der Waals surface area contributed by atoms with Gasteiger partial charge in [-0.15, -0.1) is 0 Å². The maximum Gasteiger partial charge on any atom is 0.333 e. The summed E-state index contributed by atoms with van der Waals surface area (Å²) in [5.41, 5.74) is 0. The zero-order valence-electron chi connectivity index (χ0n) is 17.3. The zero-order chi connectivity index (χ0) is 21.6. The van der Waals surface area contributed by atoms with E-state index in [0.717, 1.165) is 25.7 Å². The Morgan fingerprint density at radius 3 is 2.66 bits per heavy atom. The van der Waals surface area contributed by atoms with Gasteiger partial charge in [0.2, 0.25) is 0 Å². The van der Waals surface area contributed by atoms with Gasteiger partial charge in [0.1, 0.15) is 5.78 Å². The second-order valence-corrected chi connectivity index (χ2v) is 8.94. The Labute approximate surface area is 178 Å². The van der Waals surface area contributed by atoms with Crippen LogP contribution < -0.4 is 0 Å². The first kappa shape index (κ1) is 25.9. The van der Waals surface area contributed by atoms with Gasteiger partial charge in [0, 0.05) is 23.3 Å². The standard InChI is InChI=1S/C22H36O6S/c1-2-3-8-17(24)9-6-7-16-12-13-19(25)18(16)10-4-5-11-20(29-15-14-23)21(26)22(27)28/h4-7,16-18,20-21,23-24,26H,2-3,8-15H2,1H3,(H,27,28)/t16-,17?,18+,20?,21?/m0/s1. The van der Waals surface area contributed by atoms with E-state index in [1.165, 1.54) is 11.8 Å². The summed E-state index contributed by atoms with van der Waals surface area (Å²) >= 11 is 1.23. The van der Waals surface area contributed by atoms with Crippen molar-refractivity contribution in [3.8, 4) is 0 Å². The molecule has 6 nitrogen and oxygen atoms in total. The Morgan fingerprint density at radius 1 is 1.24 bits per heavy atom. The lowest BCUT2D eigenvalue weighted by Crippen LogP contribution is -2.31. The van der Waals surface area contributed by atoms with Crippen molar-refractivity contribution in [2.75, 3.05) is 12.4 Å². The molecule has 0 bridgehead atoms. The van der Waals surface area contributed by atoms with Gasteiger partial charge in [0.05, 0.1) is 12.7 Å². The van der Waals surface area contributed by atoms with Gasteiger partial charge >= 0.3 is 5.97 Å². The highest BCUT2D eigenvalue weighted by Crippen LogP contribution is 2.33. The number of rotatable bonds is 15. The van der Waals surface area contributed by atoms with Crippen LogP contribution >= 0.6 is 11.8 Å². The Hall–Kier alpha value is -1.15. The summed E-state index contributed by atoms with van der Waals surface area (Å²) < 4.78 is 0. The lowest BCUT2D eigenvalue weighted by molar-refractivity contribution is -0.146. The van der Waals surface area contributed by atoms with Gasteiger partial charge in [0.25, 0.3) is 0 Å². The van der Waals surface area contributed by atoms with Crippen molar-refractivity contribution in [2.24, 2.45) is 11.8 Å². The number of aliphatic carboxylic acids is 1. The monoisotopic (exact) mass is 428 g/mol. The molecule has 0 amide bonds. The summed E-state index contributed by atoms with van der Waals surface area (Å²) in [6.07, 6.45) is 11.8. The predicted octanol–water partition coefficient (Wildman–Crippen LogP) is 2.96. The van der Waals surface area contributed by atoms with Gasteiger partial charge in [0.15, 0.2) is 6.10 Å². The number of thioether (sulfide) groups is 1. The molecule has 0 saturated heterocycles. The van der Waals surface area contributed by atoms with E-state index in [1.54, 1.807) is 0 Å². The molecule has 4 N–H and O–H groups in total. The van der Waals surface area contributed by atoms with Crippen LogP contribution in [0.4, 0.5) is 0 Å². The fourth-order valence-corrected chi connectivity index (χ4v) is 4.52. The zero-order valence-corrected chi connectivity index (χ0v) is 18.1. The summed E-state index contributed by atoms with van der Waals surface area (Å²) in [5.74, 6) is -0.572. The van der Waals surface area contributed by atoms with Crippen LogP contribution in [0.25, 0.3) is 0 Å². The molecular formula is C22H36O6S. The van der Waals surface area contributed by atoms with E-state index in [1.807, 2.05) is 18.2 Å². The van der Waals surface area contributed by atoms with Crippen LogP contribution in [0.3, 0.4) is 0 Å².